The molecule has 0 aromatic heterocycles. The van der Waals surface area contributed by atoms with Gasteiger partial charge < -0.3 is 5.32 Å². The first-order chi connectivity index (χ1) is 8.65. The lowest BCUT2D eigenvalue weighted by Crippen LogP contribution is -2.34. The Morgan fingerprint density at radius 2 is 2.22 bits per heavy atom. The van der Waals surface area contributed by atoms with E-state index < -0.39 is 0 Å². The maximum atomic E-state index is 11.8. The summed E-state index contributed by atoms with van der Waals surface area (Å²) < 4.78 is 0. The van der Waals surface area contributed by atoms with Crippen molar-refractivity contribution in [3.63, 3.8) is 0 Å². The van der Waals surface area contributed by atoms with Crippen molar-refractivity contribution in [2.24, 2.45) is 5.92 Å². The predicted octanol–water partition coefficient (Wildman–Crippen LogP) is 3.74. The van der Waals surface area contributed by atoms with Crippen molar-refractivity contribution in [1.82, 2.24) is 5.32 Å². The molecule has 2 rings (SSSR count). The zero-order chi connectivity index (χ0) is 13.0. The van der Waals surface area contributed by atoms with E-state index >= 15 is 0 Å². The summed E-state index contributed by atoms with van der Waals surface area (Å²) in [4.78, 5) is 12.8. The molecule has 1 fully saturated rings. The minimum absolute atomic E-state index is 0.110. The summed E-state index contributed by atoms with van der Waals surface area (Å²) in [5, 5.41) is 3.81. The fourth-order valence-corrected chi connectivity index (χ4v) is 3.36. The van der Waals surface area contributed by atoms with E-state index in [1.54, 1.807) is 0 Å². The standard InChI is InChI=1S/C14H18ClNOS/c1-10-6-7-11(8-10)16-14(17)9-18-13-5-3-2-4-12(13)15/h2-5,10-11H,6-9H2,1H3,(H,16,17). The summed E-state index contributed by atoms with van der Waals surface area (Å²) in [5.41, 5.74) is 0. The molecule has 1 aromatic carbocycles. The first-order valence-corrected chi connectivity index (χ1v) is 7.68. The smallest absolute Gasteiger partial charge is 0.230 e. The van der Waals surface area contributed by atoms with Crippen LogP contribution in [0.25, 0.3) is 0 Å². The van der Waals surface area contributed by atoms with Crippen molar-refractivity contribution in [2.75, 3.05) is 5.75 Å². The van der Waals surface area contributed by atoms with Gasteiger partial charge in [-0.3, -0.25) is 4.79 Å². The molecule has 2 atom stereocenters. The average Bonchev–Trinajstić information content (AvgIpc) is 2.74. The number of rotatable bonds is 4. The highest BCUT2D eigenvalue weighted by Gasteiger charge is 2.22. The summed E-state index contributed by atoms with van der Waals surface area (Å²) >= 11 is 7.54. The quantitative estimate of drug-likeness (QED) is 0.853. The van der Waals surface area contributed by atoms with Crippen molar-refractivity contribution in [3.8, 4) is 0 Å². The van der Waals surface area contributed by atoms with Crippen LogP contribution in [0, 0.1) is 5.92 Å². The Morgan fingerprint density at radius 1 is 1.44 bits per heavy atom. The molecule has 1 amide bonds. The number of carbonyl (C=O) groups excluding carboxylic acids is 1. The van der Waals surface area contributed by atoms with E-state index in [1.807, 2.05) is 24.3 Å². The number of hydrogen-bond donors (Lipinski definition) is 1. The van der Waals surface area contributed by atoms with Crippen molar-refractivity contribution in [1.29, 1.82) is 0 Å². The number of hydrogen-bond acceptors (Lipinski definition) is 2. The van der Waals surface area contributed by atoms with Crippen molar-refractivity contribution >= 4 is 29.3 Å². The van der Waals surface area contributed by atoms with Crippen LogP contribution >= 0.6 is 23.4 Å². The molecule has 1 aliphatic carbocycles. The van der Waals surface area contributed by atoms with Gasteiger partial charge in [0.25, 0.3) is 0 Å². The molecule has 1 aromatic rings. The Kier molecular flexibility index (Phi) is 4.95. The van der Waals surface area contributed by atoms with Crippen LogP contribution in [0.5, 0.6) is 0 Å². The molecule has 0 bridgehead atoms. The van der Waals surface area contributed by atoms with Gasteiger partial charge in [-0.05, 0) is 37.3 Å². The SMILES string of the molecule is CC1CCC(NC(=O)CSc2ccccc2Cl)C1. The van der Waals surface area contributed by atoms with Crippen molar-refractivity contribution in [2.45, 2.75) is 37.1 Å². The van der Waals surface area contributed by atoms with Crippen LogP contribution in [-0.2, 0) is 4.79 Å². The molecule has 2 unspecified atom stereocenters. The van der Waals surface area contributed by atoms with Crippen LogP contribution < -0.4 is 5.32 Å². The Hall–Kier alpha value is -0.670. The van der Waals surface area contributed by atoms with Crippen LogP contribution in [0.2, 0.25) is 5.02 Å². The lowest BCUT2D eigenvalue weighted by Gasteiger charge is -2.12. The lowest BCUT2D eigenvalue weighted by atomic mass is 10.1. The Labute approximate surface area is 117 Å². The Bertz CT molecular complexity index is 424. The van der Waals surface area contributed by atoms with Gasteiger partial charge in [-0.25, -0.2) is 0 Å². The molecule has 18 heavy (non-hydrogen) atoms. The third-order valence-corrected chi connectivity index (χ3v) is 4.77. The monoisotopic (exact) mass is 283 g/mol. The second-order valence-electron chi connectivity index (χ2n) is 4.90. The van der Waals surface area contributed by atoms with Crippen LogP contribution in [0.15, 0.2) is 29.2 Å². The molecule has 1 aliphatic rings. The van der Waals surface area contributed by atoms with E-state index in [4.69, 9.17) is 11.6 Å². The van der Waals surface area contributed by atoms with Crippen LogP contribution in [0.3, 0.4) is 0 Å². The average molecular weight is 284 g/mol. The zero-order valence-electron chi connectivity index (χ0n) is 10.5. The molecule has 98 valence electrons. The van der Waals surface area contributed by atoms with Crippen LogP contribution in [0.1, 0.15) is 26.2 Å². The maximum absolute atomic E-state index is 11.8. The number of amides is 1. The molecule has 4 heteroatoms. The van der Waals surface area contributed by atoms with Crippen LogP contribution in [-0.4, -0.2) is 17.7 Å². The van der Waals surface area contributed by atoms with Gasteiger partial charge in [0.15, 0.2) is 0 Å². The fourth-order valence-electron chi connectivity index (χ4n) is 2.31. The van der Waals surface area contributed by atoms with Gasteiger partial charge in [0.05, 0.1) is 10.8 Å². The van der Waals surface area contributed by atoms with Crippen molar-refractivity contribution < 1.29 is 4.79 Å². The number of benzene rings is 1. The van der Waals surface area contributed by atoms with Gasteiger partial charge in [-0.1, -0.05) is 30.7 Å². The van der Waals surface area contributed by atoms with E-state index in [0.717, 1.165) is 23.7 Å². The van der Waals surface area contributed by atoms with Gasteiger partial charge >= 0.3 is 0 Å². The molecule has 0 spiro atoms. The Morgan fingerprint density at radius 3 is 2.89 bits per heavy atom. The second-order valence-corrected chi connectivity index (χ2v) is 6.33. The highest BCUT2D eigenvalue weighted by molar-refractivity contribution is 8.00. The van der Waals surface area contributed by atoms with Crippen molar-refractivity contribution in [3.05, 3.63) is 29.3 Å². The van der Waals surface area contributed by atoms with Gasteiger partial charge in [0.2, 0.25) is 5.91 Å². The molecular formula is C14H18ClNOS. The normalized spacial score (nSPS) is 23.0. The number of thioether (sulfide) groups is 1. The molecule has 0 saturated heterocycles. The largest absolute Gasteiger partial charge is 0.353 e. The third kappa shape index (κ3) is 3.92. The molecule has 2 nitrogen and oxygen atoms in total. The number of carbonyl (C=O) groups is 1. The predicted molar refractivity (Wildman–Crippen MR) is 77.1 cm³/mol. The van der Waals surface area contributed by atoms with Gasteiger partial charge in [0, 0.05) is 10.9 Å². The molecule has 0 radical (unpaired) electrons. The minimum Gasteiger partial charge on any atom is -0.353 e. The summed E-state index contributed by atoms with van der Waals surface area (Å²) in [5.74, 6) is 1.29. The Balaban J connectivity index is 1.77. The van der Waals surface area contributed by atoms with Gasteiger partial charge in [-0.2, -0.15) is 0 Å². The first-order valence-electron chi connectivity index (χ1n) is 6.32. The number of nitrogens with one attached hydrogen (secondary N) is 1. The summed E-state index contributed by atoms with van der Waals surface area (Å²) in [6.45, 7) is 2.24. The van der Waals surface area contributed by atoms with Crippen LogP contribution in [0.4, 0.5) is 0 Å². The fraction of sp³-hybridized carbons (Fsp3) is 0.500. The first kappa shape index (κ1) is 13.8. The van der Waals surface area contributed by atoms with E-state index in [9.17, 15) is 4.79 Å². The maximum Gasteiger partial charge on any atom is 0.230 e. The number of halogens is 1. The molecule has 0 heterocycles. The van der Waals surface area contributed by atoms with Gasteiger partial charge in [0.1, 0.15) is 0 Å². The lowest BCUT2D eigenvalue weighted by molar-refractivity contribution is -0.119. The summed E-state index contributed by atoms with van der Waals surface area (Å²) in [6.07, 6.45) is 3.45. The summed E-state index contributed by atoms with van der Waals surface area (Å²) in [7, 11) is 0. The van der Waals surface area contributed by atoms with E-state index in [2.05, 4.69) is 12.2 Å². The van der Waals surface area contributed by atoms with Gasteiger partial charge in [-0.15, -0.1) is 11.8 Å². The summed E-state index contributed by atoms with van der Waals surface area (Å²) in [6, 6.07) is 7.99. The highest BCUT2D eigenvalue weighted by Crippen LogP contribution is 2.27. The topological polar surface area (TPSA) is 29.1 Å². The van der Waals surface area contributed by atoms with E-state index in [1.165, 1.54) is 18.2 Å². The zero-order valence-corrected chi connectivity index (χ0v) is 12.1. The van der Waals surface area contributed by atoms with E-state index in [0.29, 0.717) is 16.8 Å². The molecule has 0 aliphatic heterocycles. The minimum atomic E-state index is 0.110. The second kappa shape index (κ2) is 6.48. The third-order valence-electron chi connectivity index (χ3n) is 3.26. The molecule has 1 saturated carbocycles. The van der Waals surface area contributed by atoms with E-state index in [-0.39, 0.29) is 5.91 Å². The molecular weight excluding hydrogens is 266 g/mol. The highest BCUT2D eigenvalue weighted by atomic mass is 35.5. The molecule has 1 N–H and O–H groups in total.